The number of anilines is 1. The van der Waals surface area contributed by atoms with Crippen LogP contribution in [0.4, 0.5) is 5.69 Å². The number of hydrogen-bond acceptors (Lipinski definition) is 5. The Morgan fingerprint density at radius 1 is 1.07 bits per heavy atom. The Hall–Kier alpha value is -3.74. The molecule has 0 saturated carbocycles. The third kappa shape index (κ3) is 2.87. The zero-order chi connectivity index (χ0) is 19.7. The first kappa shape index (κ1) is 17.7. The summed E-state index contributed by atoms with van der Waals surface area (Å²) < 4.78 is 16.0. The van der Waals surface area contributed by atoms with Gasteiger partial charge in [0.25, 0.3) is 11.8 Å². The Balaban J connectivity index is 1.81. The average Bonchev–Trinajstić information content (AvgIpc) is 3.38. The van der Waals surface area contributed by atoms with E-state index in [-0.39, 0.29) is 11.7 Å². The van der Waals surface area contributed by atoms with Crippen LogP contribution in [-0.2, 0) is 6.54 Å². The normalized spacial score (nSPS) is 12.3. The maximum Gasteiger partial charge on any atom is 0.291 e. The van der Waals surface area contributed by atoms with Crippen LogP contribution in [0.25, 0.3) is 11.1 Å². The molecule has 1 aliphatic rings. The first-order chi connectivity index (χ1) is 13.6. The molecule has 0 radical (unpaired) electrons. The molecule has 0 aliphatic carbocycles. The number of carbonyl (C=O) groups excluding carboxylic acids is 2. The fourth-order valence-corrected chi connectivity index (χ4v) is 3.40. The lowest BCUT2D eigenvalue weighted by Gasteiger charge is -2.16. The number of methoxy groups -OCH3 is 2. The number of ether oxygens (including phenoxy) is 2. The van der Waals surface area contributed by atoms with Crippen LogP contribution in [0, 0.1) is 0 Å². The highest BCUT2D eigenvalue weighted by Crippen LogP contribution is 2.42. The van der Waals surface area contributed by atoms with E-state index in [1.165, 1.54) is 6.26 Å². The number of nitrogens with one attached hydrogen (secondary N) is 2. The third-order valence-corrected chi connectivity index (χ3v) is 4.65. The highest BCUT2D eigenvalue weighted by Gasteiger charge is 2.28. The molecular formula is C21H18N2O5. The van der Waals surface area contributed by atoms with Gasteiger partial charge in [0.1, 0.15) is 0 Å². The number of hydrogen-bond donors (Lipinski definition) is 2. The van der Waals surface area contributed by atoms with Crippen molar-refractivity contribution >= 4 is 17.5 Å². The number of furan rings is 1. The minimum Gasteiger partial charge on any atom is -0.493 e. The molecule has 2 amide bonds. The summed E-state index contributed by atoms with van der Waals surface area (Å²) in [5.41, 5.74) is 3.28. The van der Waals surface area contributed by atoms with Crippen LogP contribution in [0.5, 0.6) is 11.5 Å². The summed E-state index contributed by atoms with van der Waals surface area (Å²) in [6, 6.07) is 12.3. The van der Waals surface area contributed by atoms with E-state index in [1.54, 1.807) is 32.4 Å². The van der Waals surface area contributed by atoms with Gasteiger partial charge in [0.2, 0.25) is 0 Å². The lowest BCUT2D eigenvalue weighted by molar-refractivity contribution is 0.0966. The van der Waals surface area contributed by atoms with E-state index in [2.05, 4.69) is 10.6 Å². The molecule has 0 bridgehead atoms. The molecule has 28 heavy (non-hydrogen) atoms. The van der Waals surface area contributed by atoms with Crippen LogP contribution >= 0.6 is 0 Å². The average molecular weight is 378 g/mol. The topological polar surface area (TPSA) is 89.8 Å². The fourth-order valence-electron chi connectivity index (χ4n) is 3.40. The van der Waals surface area contributed by atoms with Gasteiger partial charge in [-0.15, -0.1) is 0 Å². The van der Waals surface area contributed by atoms with Gasteiger partial charge in [-0.3, -0.25) is 9.59 Å². The molecule has 7 nitrogen and oxygen atoms in total. The number of benzene rings is 2. The highest BCUT2D eigenvalue weighted by molar-refractivity contribution is 6.11. The zero-order valence-electron chi connectivity index (χ0n) is 15.4. The maximum atomic E-state index is 12.5. The molecule has 0 unspecified atom stereocenters. The standard InChI is InChI=1S/C21H18N2O5/c1-26-16-6-3-5-13(19(16)27-2)12-8-9-15(18-14(12)11-22-21(18)25)23-20(24)17-7-4-10-28-17/h3-10H,11H2,1-2H3,(H,22,25)(H,23,24). The van der Waals surface area contributed by atoms with Crippen LogP contribution < -0.4 is 20.1 Å². The van der Waals surface area contributed by atoms with Crippen molar-refractivity contribution in [1.29, 1.82) is 0 Å². The Kier molecular flexibility index (Phi) is 4.49. The Labute approximate surface area is 161 Å². The molecule has 0 spiro atoms. The Bertz CT molecular complexity index is 1060. The monoisotopic (exact) mass is 378 g/mol. The van der Waals surface area contributed by atoms with Crippen LogP contribution in [0.15, 0.2) is 53.1 Å². The van der Waals surface area contributed by atoms with Crippen molar-refractivity contribution in [2.75, 3.05) is 19.5 Å². The van der Waals surface area contributed by atoms with Crippen molar-refractivity contribution in [2.24, 2.45) is 0 Å². The van der Waals surface area contributed by atoms with Gasteiger partial charge in [-0.25, -0.2) is 0 Å². The predicted octanol–water partition coefficient (Wildman–Crippen LogP) is 3.46. The van der Waals surface area contributed by atoms with E-state index in [9.17, 15) is 9.59 Å². The van der Waals surface area contributed by atoms with Crippen molar-refractivity contribution in [2.45, 2.75) is 6.54 Å². The SMILES string of the molecule is COc1cccc(-c2ccc(NC(=O)c3ccco3)c3c2CNC3=O)c1OC. The van der Waals surface area contributed by atoms with Crippen molar-refractivity contribution in [1.82, 2.24) is 5.32 Å². The van der Waals surface area contributed by atoms with E-state index in [0.29, 0.717) is 29.3 Å². The van der Waals surface area contributed by atoms with E-state index in [0.717, 1.165) is 16.7 Å². The molecule has 1 aromatic heterocycles. The summed E-state index contributed by atoms with van der Waals surface area (Å²) in [4.78, 5) is 24.8. The largest absolute Gasteiger partial charge is 0.493 e. The molecule has 7 heteroatoms. The van der Waals surface area contributed by atoms with Crippen LogP contribution in [0.2, 0.25) is 0 Å². The maximum absolute atomic E-state index is 12.5. The first-order valence-corrected chi connectivity index (χ1v) is 8.64. The number of para-hydroxylation sites is 1. The van der Waals surface area contributed by atoms with E-state index in [1.807, 2.05) is 24.3 Å². The van der Waals surface area contributed by atoms with Gasteiger partial charge in [0.05, 0.1) is 31.7 Å². The Morgan fingerprint density at radius 3 is 2.64 bits per heavy atom. The first-order valence-electron chi connectivity index (χ1n) is 8.64. The molecule has 3 aromatic rings. The summed E-state index contributed by atoms with van der Waals surface area (Å²) in [6.45, 7) is 0.355. The molecule has 0 saturated heterocycles. The van der Waals surface area contributed by atoms with Gasteiger partial charge in [0, 0.05) is 12.1 Å². The lowest BCUT2D eigenvalue weighted by Crippen LogP contribution is -2.17. The van der Waals surface area contributed by atoms with E-state index in [4.69, 9.17) is 13.9 Å². The summed E-state index contributed by atoms with van der Waals surface area (Å²) >= 11 is 0. The summed E-state index contributed by atoms with van der Waals surface area (Å²) in [7, 11) is 3.15. The predicted molar refractivity (Wildman–Crippen MR) is 103 cm³/mol. The number of rotatable bonds is 5. The quantitative estimate of drug-likeness (QED) is 0.710. The smallest absolute Gasteiger partial charge is 0.291 e. The second kappa shape index (κ2) is 7.11. The van der Waals surface area contributed by atoms with Gasteiger partial charge in [-0.2, -0.15) is 0 Å². The molecule has 2 aromatic carbocycles. The molecule has 2 heterocycles. The summed E-state index contributed by atoms with van der Waals surface area (Å²) in [5, 5.41) is 5.58. The second-order valence-electron chi connectivity index (χ2n) is 6.17. The summed E-state index contributed by atoms with van der Waals surface area (Å²) in [6.07, 6.45) is 1.42. The number of amides is 2. The van der Waals surface area contributed by atoms with Crippen LogP contribution in [-0.4, -0.2) is 26.0 Å². The van der Waals surface area contributed by atoms with Crippen molar-refractivity contribution in [3.63, 3.8) is 0 Å². The lowest BCUT2D eigenvalue weighted by atomic mass is 9.94. The number of fused-ring (bicyclic) bond motifs is 1. The van der Waals surface area contributed by atoms with Gasteiger partial charge >= 0.3 is 0 Å². The van der Waals surface area contributed by atoms with E-state index < -0.39 is 5.91 Å². The van der Waals surface area contributed by atoms with E-state index >= 15 is 0 Å². The second-order valence-corrected chi connectivity index (χ2v) is 6.17. The minimum absolute atomic E-state index is 0.172. The molecule has 4 rings (SSSR count). The Morgan fingerprint density at radius 2 is 1.93 bits per heavy atom. The molecule has 0 atom stereocenters. The molecule has 0 fully saturated rings. The van der Waals surface area contributed by atoms with Crippen molar-refractivity contribution < 1.29 is 23.5 Å². The van der Waals surface area contributed by atoms with Gasteiger partial charge in [-0.1, -0.05) is 18.2 Å². The fraction of sp³-hybridized carbons (Fsp3) is 0.143. The summed E-state index contributed by atoms with van der Waals surface area (Å²) in [5.74, 6) is 0.693. The molecule has 142 valence electrons. The number of carbonyl (C=O) groups is 2. The zero-order valence-corrected chi connectivity index (χ0v) is 15.4. The van der Waals surface area contributed by atoms with Crippen LogP contribution in [0.1, 0.15) is 26.5 Å². The highest BCUT2D eigenvalue weighted by atomic mass is 16.5. The van der Waals surface area contributed by atoms with Gasteiger partial charge in [0.15, 0.2) is 17.3 Å². The molecule has 2 N–H and O–H groups in total. The van der Waals surface area contributed by atoms with Gasteiger partial charge in [-0.05, 0) is 35.4 Å². The van der Waals surface area contributed by atoms with Crippen molar-refractivity contribution in [3.05, 3.63) is 65.6 Å². The van der Waals surface area contributed by atoms with Gasteiger partial charge < -0.3 is 24.5 Å². The molecular weight excluding hydrogens is 360 g/mol. The minimum atomic E-state index is -0.418. The van der Waals surface area contributed by atoms with Crippen molar-refractivity contribution in [3.8, 4) is 22.6 Å². The van der Waals surface area contributed by atoms with Crippen LogP contribution in [0.3, 0.4) is 0 Å². The molecule has 1 aliphatic heterocycles. The third-order valence-electron chi connectivity index (χ3n) is 4.65.